The first kappa shape index (κ1) is 23.9. The van der Waals surface area contributed by atoms with Crippen molar-refractivity contribution in [1.29, 1.82) is 0 Å². The number of carbonyl (C=O) groups excluding carboxylic acids is 1. The van der Waals surface area contributed by atoms with Gasteiger partial charge in [0.15, 0.2) is 5.82 Å². The number of nitrogens with two attached hydrogens (primary N) is 1. The van der Waals surface area contributed by atoms with Gasteiger partial charge in [0.1, 0.15) is 17.6 Å². The summed E-state index contributed by atoms with van der Waals surface area (Å²) in [5.41, 5.74) is 10.4. The number of hydrogen-bond donors (Lipinski definition) is 2. The van der Waals surface area contributed by atoms with Gasteiger partial charge in [0.2, 0.25) is 5.91 Å². The number of fused-ring (bicyclic) bond motifs is 3. The molecule has 0 saturated heterocycles. The normalized spacial score (nSPS) is 13.1. The van der Waals surface area contributed by atoms with E-state index in [1.54, 1.807) is 12.1 Å². The minimum Gasteiger partial charge on any atom is -0.494 e. The molecule has 0 aliphatic heterocycles. The number of ether oxygens (including phenoxy) is 1. The van der Waals surface area contributed by atoms with Gasteiger partial charge in [-0.1, -0.05) is 17.7 Å². The Balaban J connectivity index is 1.44. The van der Waals surface area contributed by atoms with Gasteiger partial charge in [-0.15, -0.1) is 0 Å². The molecule has 2 aromatic heterocycles. The molecule has 0 atom stereocenters. The van der Waals surface area contributed by atoms with Crippen molar-refractivity contribution in [3.05, 3.63) is 70.1 Å². The zero-order valence-corrected chi connectivity index (χ0v) is 19.9. The monoisotopic (exact) mass is 515 g/mol. The SMILES string of the molecule is COc1cc(-n2c3c(c4ncnc(N)c42)CCC3)ccc1NC(=O)Cc1ccc(Cl)c(C(F)(F)F)c1. The van der Waals surface area contributed by atoms with E-state index in [9.17, 15) is 18.0 Å². The van der Waals surface area contributed by atoms with Crippen LogP contribution in [0.2, 0.25) is 5.02 Å². The van der Waals surface area contributed by atoms with Crippen molar-refractivity contribution in [3.8, 4) is 11.4 Å². The van der Waals surface area contributed by atoms with Crippen LogP contribution in [0.25, 0.3) is 16.7 Å². The second-order valence-electron chi connectivity index (χ2n) is 8.49. The van der Waals surface area contributed by atoms with Crippen LogP contribution >= 0.6 is 11.6 Å². The molecule has 11 heteroatoms. The molecular formula is C25H21ClF3N5O2. The number of alkyl halides is 3. The smallest absolute Gasteiger partial charge is 0.417 e. The first-order valence-corrected chi connectivity index (χ1v) is 11.5. The number of aryl methyl sites for hydroxylation is 1. The van der Waals surface area contributed by atoms with E-state index in [-0.39, 0.29) is 12.0 Å². The van der Waals surface area contributed by atoms with E-state index in [1.165, 1.54) is 19.5 Å². The summed E-state index contributed by atoms with van der Waals surface area (Å²) >= 11 is 5.67. The van der Waals surface area contributed by atoms with E-state index < -0.39 is 22.7 Å². The Morgan fingerprint density at radius 2 is 2.00 bits per heavy atom. The lowest BCUT2D eigenvalue weighted by Gasteiger charge is -2.15. The summed E-state index contributed by atoms with van der Waals surface area (Å²) < 4.78 is 47.0. The Bertz CT molecular complexity index is 1500. The van der Waals surface area contributed by atoms with Crippen molar-refractivity contribution < 1.29 is 22.7 Å². The molecule has 1 aliphatic carbocycles. The fourth-order valence-electron chi connectivity index (χ4n) is 4.68. The maximum atomic E-state index is 13.2. The van der Waals surface area contributed by atoms with Gasteiger partial charge in [0.05, 0.1) is 35.3 Å². The number of aromatic nitrogens is 3. The van der Waals surface area contributed by atoms with Crippen molar-refractivity contribution in [2.75, 3.05) is 18.2 Å². The molecule has 0 bridgehead atoms. The summed E-state index contributed by atoms with van der Waals surface area (Å²) in [6, 6.07) is 8.67. The van der Waals surface area contributed by atoms with Crippen LogP contribution in [-0.2, 0) is 30.2 Å². The molecule has 36 heavy (non-hydrogen) atoms. The third-order valence-electron chi connectivity index (χ3n) is 6.24. The average Bonchev–Trinajstić information content (AvgIpc) is 3.42. The van der Waals surface area contributed by atoms with Crippen LogP contribution in [0.5, 0.6) is 5.75 Å². The topological polar surface area (TPSA) is 95.1 Å². The quantitative estimate of drug-likeness (QED) is 0.373. The Morgan fingerprint density at radius 1 is 1.19 bits per heavy atom. The fourth-order valence-corrected chi connectivity index (χ4v) is 4.91. The van der Waals surface area contributed by atoms with Crippen molar-refractivity contribution in [3.63, 3.8) is 0 Å². The van der Waals surface area contributed by atoms with Crippen LogP contribution in [0.3, 0.4) is 0 Å². The minimum atomic E-state index is -4.61. The van der Waals surface area contributed by atoms with E-state index in [1.807, 2.05) is 10.6 Å². The van der Waals surface area contributed by atoms with Crippen molar-refractivity contribution in [2.24, 2.45) is 0 Å². The van der Waals surface area contributed by atoms with Gasteiger partial charge in [0.25, 0.3) is 0 Å². The Kier molecular flexibility index (Phi) is 5.99. The zero-order chi connectivity index (χ0) is 25.6. The fraction of sp³-hybridized carbons (Fsp3) is 0.240. The molecule has 0 saturated carbocycles. The van der Waals surface area contributed by atoms with Gasteiger partial charge in [-0.05, 0) is 54.7 Å². The maximum Gasteiger partial charge on any atom is 0.417 e. The Hall–Kier alpha value is -3.79. The van der Waals surface area contributed by atoms with Gasteiger partial charge >= 0.3 is 6.18 Å². The summed E-state index contributed by atoms with van der Waals surface area (Å²) in [6.45, 7) is 0. The number of hydrogen-bond acceptors (Lipinski definition) is 5. The molecule has 0 radical (unpaired) electrons. The molecule has 2 heterocycles. The molecule has 1 amide bonds. The Labute approximate surface area is 209 Å². The van der Waals surface area contributed by atoms with Gasteiger partial charge < -0.3 is 20.4 Å². The number of nitrogens with one attached hydrogen (secondary N) is 1. The predicted octanol–water partition coefficient (Wildman–Crippen LogP) is 5.35. The molecule has 0 spiro atoms. The lowest BCUT2D eigenvalue weighted by Crippen LogP contribution is -2.16. The lowest BCUT2D eigenvalue weighted by molar-refractivity contribution is -0.137. The summed E-state index contributed by atoms with van der Waals surface area (Å²) in [5.74, 6) is 0.255. The van der Waals surface area contributed by atoms with E-state index in [0.29, 0.717) is 17.3 Å². The highest BCUT2D eigenvalue weighted by Gasteiger charge is 2.33. The number of nitrogen functional groups attached to an aromatic ring is 1. The summed E-state index contributed by atoms with van der Waals surface area (Å²) in [6.07, 6.45) is -0.641. The number of methoxy groups -OCH3 is 1. The van der Waals surface area contributed by atoms with E-state index in [2.05, 4.69) is 15.3 Å². The van der Waals surface area contributed by atoms with Crippen LogP contribution in [0, 0.1) is 0 Å². The van der Waals surface area contributed by atoms with Crippen molar-refractivity contribution >= 4 is 40.0 Å². The first-order chi connectivity index (χ1) is 17.2. The van der Waals surface area contributed by atoms with Crippen LogP contribution in [0.4, 0.5) is 24.7 Å². The summed E-state index contributed by atoms with van der Waals surface area (Å²) in [5, 5.41) is 2.30. The number of rotatable bonds is 5. The molecular weight excluding hydrogens is 495 g/mol. The minimum absolute atomic E-state index is 0.185. The Morgan fingerprint density at radius 3 is 2.75 bits per heavy atom. The van der Waals surface area contributed by atoms with Gasteiger partial charge in [-0.25, -0.2) is 9.97 Å². The summed E-state index contributed by atoms with van der Waals surface area (Å²) in [7, 11) is 1.47. The molecule has 2 aromatic carbocycles. The van der Waals surface area contributed by atoms with Crippen molar-refractivity contribution in [2.45, 2.75) is 31.9 Å². The van der Waals surface area contributed by atoms with Crippen LogP contribution in [0.15, 0.2) is 42.7 Å². The summed E-state index contributed by atoms with van der Waals surface area (Å²) in [4.78, 5) is 21.3. The van der Waals surface area contributed by atoms with Crippen LogP contribution < -0.4 is 15.8 Å². The molecule has 4 aromatic rings. The third-order valence-corrected chi connectivity index (χ3v) is 6.57. The molecule has 0 unspecified atom stereocenters. The van der Waals surface area contributed by atoms with Gasteiger partial charge in [-0.2, -0.15) is 13.2 Å². The zero-order valence-electron chi connectivity index (χ0n) is 19.1. The molecule has 5 rings (SSSR count). The molecule has 0 fully saturated rings. The maximum absolute atomic E-state index is 13.2. The highest BCUT2D eigenvalue weighted by atomic mass is 35.5. The number of halogens is 4. The van der Waals surface area contributed by atoms with Crippen LogP contribution in [-0.4, -0.2) is 27.6 Å². The van der Waals surface area contributed by atoms with Gasteiger partial charge in [-0.3, -0.25) is 4.79 Å². The standard InChI is InChI=1S/C25H21ClF3N5O2/c1-36-20-11-14(34-19-4-2-3-15(19)22-23(34)24(30)32-12-31-22)6-8-18(20)33-21(35)10-13-5-7-17(26)16(9-13)25(27,28)29/h5-9,11-12H,2-4,10H2,1H3,(H,33,35)(H2,30,31,32). The van der Waals surface area contributed by atoms with Crippen LogP contribution in [0.1, 0.15) is 28.8 Å². The number of benzene rings is 2. The number of nitrogens with zero attached hydrogens (tertiary/aromatic N) is 3. The van der Waals surface area contributed by atoms with E-state index in [4.69, 9.17) is 22.1 Å². The molecule has 7 nitrogen and oxygen atoms in total. The van der Waals surface area contributed by atoms with E-state index in [0.717, 1.165) is 59.4 Å². The predicted molar refractivity (Wildman–Crippen MR) is 131 cm³/mol. The highest BCUT2D eigenvalue weighted by Crippen LogP contribution is 2.38. The second-order valence-corrected chi connectivity index (χ2v) is 8.90. The third kappa shape index (κ3) is 4.21. The number of carbonyl (C=O) groups is 1. The molecule has 1 aliphatic rings. The number of amides is 1. The molecule has 186 valence electrons. The van der Waals surface area contributed by atoms with Crippen molar-refractivity contribution in [1.82, 2.24) is 14.5 Å². The van der Waals surface area contributed by atoms with E-state index >= 15 is 0 Å². The molecule has 3 N–H and O–H groups in total. The van der Waals surface area contributed by atoms with Gasteiger partial charge in [0, 0.05) is 17.4 Å². The largest absolute Gasteiger partial charge is 0.494 e. The lowest BCUT2D eigenvalue weighted by atomic mass is 10.1. The first-order valence-electron chi connectivity index (χ1n) is 11.1. The second kappa shape index (κ2) is 9.02. The highest BCUT2D eigenvalue weighted by molar-refractivity contribution is 6.31. The average molecular weight is 516 g/mol. The number of anilines is 2.